The second-order valence-corrected chi connectivity index (χ2v) is 8.84. The number of nitrogens with zero attached hydrogens (tertiary/aromatic N) is 3. The van der Waals surface area contributed by atoms with Crippen LogP contribution in [-0.2, 0) is 11.2 Å². The van der Waals surface area contributed by atoms with Crippen LogP contribution in [0.25, 0.3) is 16.4 Å². The van der Waals surface area contributed by atoms with Crippen molar-refractivity contribution in [3.8, 4) is 16.4 Å². The Hall–Kier alpha value is -2.77. The van der Waals surface area contributed by atoms with E-state index in [0.717, 1.165) is 49.7 Å². The van der Waals surface area contributed by atoms with Crippen molar-refractivity contribution < 1.29 is 4.79 Å². The number of para-hydroxylation sites is 1. The van der Waals surface area contributed by atoms with Crippen LogP contribution in [0.2, 0.25) is 0 Å². The number of amides is 1. The van der Waals surface area contributed by atoms with Crippen LogP contribution in [0.3, 0.4) is 0 Å². The fraction of sp³-hybridized carbons (Fsp3) is 0.227. The molecule has 148 valence electrons. The molecule has 0 unspecified atom stereocenters. The maximum absolute atomic E-state index is 12.4. The molecule has 0 aliphatic heterocycles. The number of hydrogen-bond acceptors (Lipinski definition) is 5. The summed E-state index contributed by atoms with van der Waals surface area (Å²) in [7, 11) is 0. The van der Waals surface area contributed by atoms with Gasteiger partial charge in [0.15, 0.2) is 5.13 Å². The Kier molecular flexibility index (Phi) is 5.34. The number of aryl methyl sites for hydroxylation is 3. The lowest BCUT2D eigenvalue weighted by molar-refractivity contribution is -0.115. The molecule has 7 heteroatoms. The highest BCUT2D eigenvalue weighted by Gasteiger charge is 2.17. The van der Waals surface area contributed by atoms with E-state index in [1.54, 1.807) is 11.3 Å². The Morgan fingerprint density at radius 1 is 1.07 bits per heavy atom. The lowest BCUT2D eigenvalue weighted by Gasteiger charge is -2.06. The third-order valence-electron chi connectivity index (χ3n) is 4.79. The summed E-state index contributed by atoms with van der Waals surface area (Å²) in [4.78, 5) is 21.8. The van der Waals surface area contributed by atoms with Gasteiger partial charge in [-0.3, -0.25) is 9.36 Å². The van der Waals surface area contributed by atoms with Crippen molar-refractivity contribution in [1.82, 2.24) is 14.5 Å². The maximum atomic E-state index is 12.4. The summed E-state index contributed by atoms with van der Waals surface area (Å²) >= 11 is 3.15. The molecule has 4 rings (SSSR count). The van der Waals surface area contributed by atoms with Gasteiger partial charge in [0, 0.05) is 33.4 Å². The average molecular weight is 423 g/mol. The van der Waals surface area contributed by atoms with Gasteiger partial charge in [-0.25, -0.2) is 9.97 Å². The normalized spacial score (nSPS) is 11.0. The van der Waals surface area contributed by atoms with Gasteiger partial charge in [0.25, 0.3) is 0 Å². The van der Waals surface area contributed by atoms with E-state index < -0.39 is 0 Å². The molecule has 29 heavy (non-hydrogen) atoms. The first-order valence-corrected chi connectivity index (χ1v) is 11.1. The van der Waals surface area contributed by atoms with Gasteiger partial charge in [0.1, 0.15) is 5.01 Å². The van der Waals surface area contributed by atoms with E-state index in [9.17, 15) is 4.79 Å². The first-order chi connectivity index (χ1) is 13.9. The van der Waals surface area contributed by atoms with E-state index >= 15 is 0 Å². The Balaban J connectivity index is 1.54. The van der Waals surface area contributed by atoms with Crippen LogP contribution in [0, 0.1) is 27.7 Å². The molecule has 0 aliphatic rings. The Labute approximate surface area is 178 Å². The molecule has 1 N–H and O–H groups in total. The number of aromatic nitrogens is 3. The number of hydrogen-bond donors (Lipinski definition) is 1. The largest absolute Gasteiger partial charge is 0.325 e. The van der Waals surface area contributed by atoms with Crippen LogP contribution in [0.5, 0.6) is 0 Å². The van der Waals surface area contributed by atoms with Gasteiger partial charge in [0.05, 0.1) is 17.8 Å². The lowest BCUT2D eigenvalue weighted by atomic mass is 10.2. The molecule has 1 aromatic carbocycles. The number of carbonyl (C=O) groups is 1. The van der Waals surface area contributed by atoms with Crippen molar-refractivity contribution in [1.29, 1.82) is 0 Å². The molecule has 0 spiro atoms. The summed E-state index contributed by atoms with van der Waals surface area (Å²) in [6.45, 7) is 8.15. The van der Waals surface area contributed by atoms with Crippen LogP contribution in [0.4, 0.5) is 5.69 Å². The van der Waals surface area contributed by atoms with E-state index in [4.69, 9.17) is 4.98 Å². The van der Waals surface area contributed by atoms with Crippen molar-refractivity contribution in [2.24, 2.45) is 0 Å². The van der Waals surface area contributed by atoms with Crippen molar-refractivity contribution >= 4 is 34.3 Å². The van der Waals surface area contributed by atoms with Crippen molar-refractivity contribution in [2.75, 3.05) is 5.32 Å². The molecular formula is C22H22N4OS2. The highest BCUT2D eigenvalue weighted by molar-refractivity contribution is 7.12. The number of anilines is 1. The van der Waals surface area contributed by atoms with Crippen LogP contribution in [-0.4, -0.2) is 20.4 Å². The zero-order valence-electron chi connectivity index (χ0n) is 16.8. The second kappa shape index (κ2) is 7.93. The molecule has 0 aliphatic carbocycles. The van der Waals surface area contributed by atoms with Crippen LogP contribution >= 0.6 is 22.7 Å². The minimum atomic E-state index is -0.0519. The molecule has 3 aromatic heterocycles. The molecule has 1 amide bonds. The average Bonchev–Trinajstić information content (AvgIpc) is 3.37. The predicted molar refractivity (Wildman–Crippen MR) is 120 cm³/mol. The minimum Gasteiger partial charge on any atom is -0.325 e. The molecule has 0 radical (unpaired) electrons. The van der Waals surface area contributed by atoms with Gasteiger partial charge >= 0.3 is 0 Å². The Bertz CT molecular complexity index is 1190. The van der Waals surface area contributed by atoms with Gasteiger partial charge in [-0.15, -0.1) is 22.7 Å². The van der Waals surface area contributed by atoms with Gasteiger partial charge in [-0.2, -0.15) is 0 Å². The highest BCUT2D eigenvalue weighted by Crippen LogP contribution is 2.31. The third kappa shape index (κ3) is 4.02. The molecule has 0 saturated carbocycles. The first-order valence-electron chi connectivity index (χ1n) is 9.34. The zero-order valence-corrected chi connectivity index (χ0v) is 18.4. The fourth-order valence-electron chi connectivity index (χ4n) is 3.32. The van der Waals surface area contributed by atoms with Crippen LogP contribution in [0.15, 0.2) is 41.1 Å². The minimum absolute atomic E-state index is 0.0519. The van der Waals surface area contributed by atoms with Crippen LogP contribution in [0.1, 0.15) is 27.7 Å². The summed E-state index contributed by atoms with van der Waals surface area (Å²) < 4.78 is 2.16. The first kappa shape index (κ1) is 19.5. The van der Waals surface area contributed by atoms with E-state index in [1.165, 1.54) is 11.3 Å². The number of carbonyl (C=O) groups excluding carboxylic acids is 1. The van der Waals surface area contributed by atoms with Crippen molar-refractivity contribution in [2.45, 2.75) is 34.1 Å². The number of rotatable bonds is 5. The molecular weight excluding hydrogens is 400 g/mol. The summed E-state index contributed by atoms with van der Waals surface area (Å²) in [5.74, 6) is -0.0519. The SMILES string of the molecule is Cc1csc(-n2c(C)cc(-c3csc(CC(=O)Nc4ccccc4C)n3)c2C)n1. The number of benzene rings is 1. The summed E-state index contributed by atoms with van der Waals surface area (Å²) in [6, 6.07) is 9.91. The highest BCUT2D eigenvalue weighted by atomic mass is 32.1. The summed E-state index contributed by atoms with van der Waals surface area (Å²) in [6.07, 6.45) is 0.267. The third-order valence-corrected chi connectivity index (χ3v) is 6.58. The van der Waals surface area contributed by atoms with Crippen molar-refractivity contribution in [3.63, 3.8) is 0 Å². The number of nitrogens with one attached hydrogen (secondary N) is 1. The smallest absolute Gasteiger partial charge is 0.231 e. The van der Waals surface area contributed by atoms with E-state index in [-0.39, 0.29) is 12.3 Å². The molecule has 0 fully saturated rings. The van der Waals surface area contributed by atoms with Crippen molar-refractivity contribution in [3.05, 3.63) is 68.7 Å². The molecule has 0 saturated heterocycles. The van der Waals surface area contributed by atoms with E-state index in [2.05, 4.69) is 40.2 Å². The lowest BCUT2D eigenvalue weighted by Crippen LogP contribution is -2.14. The van der Waals surface area contributed by atoms with E-state index in [0.29, 0.717) is 0 Å². The molecule has 4 aromatic rings. The van der Waals surface area contributed by atoms with E-state index in [1.807, 2.05) is 43.5 Å². The topological polar surface area (TPSA) is 59.8 Å². The standard InChI is InChI=1S/C22H22N4OS2/c1-13-7-5-6-8-18(13)24-20(27)10-21-25-19(12-28-21)17-9-15(3)26(16(17)4)22-23-14(2)11-29-22/h5-9,11-12H,10H2,1-4H3,(H,24,27). The van der Waals surface area contributed by atoms with Gasteiger partial charge < -0.3 is 5.32 Å². The molecule has 0 atom stereocenters. The van der Waals surface area contributed by atoms with Gasteiger partial charge in [-0.05, 0) is 45.4 Å². The maximum Gasteiger partial charge on any atom is 0.231 e. The Morgan fingerprint density at radius 3 is 2.59 bits per heavy atom. The zero-order chi connectivity index (χ0) is 20.5. The predicted octanol–water partition coefficient (Wildman–Crippen LogP) is 5.47. The summed E-state index contributed by atoms with van der Waals surface area (Å²) in [5.41, 5.74) is 7.13. The van der Waals surface area contributed by atoms with Gasteiger partial charge in [0.2, 0.25) is 5.91 Å². The second-order valence-electron chi connectivity index (χ2n) is 7.06. The fourth-order valence-corrected chi connectivity index (χ4v) is 5.03. The monoisotopic (exact) mass is 422 g/mol. The van der Waals surface area contributed by atoms with Gasteiger partial charge in [-0.1, -0.05) is 18.2 Å². The molecule has 5 nitrogen and oxygen atoms in total. The molecule has 0 bridgehead atoms. The summed E-state index contributed by atoms with van der Waals surface area (Å²) in [5, 5.41) is 8.83. The molecule has 3 heterocycles. The Morgan fingerprint density at radius 2 is 1.86 bits per heavy atom. The quantitative estimate of drug-likeness (QED) is 0.464. The number of thiazole rings is 2. The van der Waals surface area contributed by atoms with Crippen LogP contribution < -0.4 is 5.32 Å².